The summed E-state index contributed by atoms with van der Waals surface area (Å²) in [5, 5.41) is 7.58. The molecule has 0 aliphatic carbocycles. The van der Waals surface area contributed by atoms with E-state index in [1.165, 1.54) is 0 Å². The Bertz CT molecular complexity index is 592. The minimum Gasteiger partial charge on any atom is -0.497 e. The predicted molar refractivity (Wildman–Crippen MR) is 75.3 cm³/mol. The van der Waals surface area contributed by atoms with Crippen LogP contribution < -0.4 is 15.2 Å². The molecule has 0 spiro atoms. The van der Waals surface area contributed by atoms with Gasteiger partial charge in [0.25, 0.3) is 0 Å². The molecule has 2 aromatic carbocycles. The number of amidine groups is 1. The summed E-state index contributed by atoms with van der Waals surface area (Å²) in [6.07, 6.45) is 0. The van der Waals surface area contributed by atoms with Crippen molar-refractivity contribution in [2.75, 3.05) is 7.11 Å². The van der Waals surface area contributed by atoms with Gasteiger partial charge >= 0.3 is 0 Å². The molecule has 19 heavy (non-hydrogen) atoms. The maximum atomic E-state index is 7.58. The number of benzene rings is 2. The number of hydrogen-bond acceptors (Lipinski definition) is 3. The summed E-state index contributed by atoms with van der Waals surface area (Å²) < 4.78 is 10.9. The van der Waals surface area contributed by atoms with Gasteiger partial charge in [0.15, 0.2) is 0 Å². The Labute approximate surface area is 112 Å². The van der Waals surface area contributed by atoms with Gasteiger partial charge in [-0.25, -0.2) is 0 Å². The first kappa shape index (κ1) is 13.0. The van der Waals surface area contributed by atoms with Gasteiger partial charge in [-0.05, 0) is 42.8 Å². The van der Waals surface area contributed by atoms with Gasteiger partial charge in [-0.2, -0.15) is 0 Å². The van der Waals surface area contributed by atoms with Crippen LogP contribution in [0.25, 0.3) is 0 Å². The minimum absolute atomic E-state index is 0.00721. The van der Waals surface area contributed by atoms with Gasteiger partial charge in [0, 0.05) is 0 Å². The van der Waals surface area contributed by atoms with E-state index in [1.807, 2.05) is 43.3 Å². The Morgan fingerprint density at radius 2 is 1.68 bits per heavy atom. The first-order valence-electron chi connectivity index (χ1n) is 5.87. The number of ether oxygens (including phenoxy) is 2. The molecule has 2 rings (SSSR count). The molecule has 0 saturated carbocycles. The second-order valence-corrected chi connectivity index (χ2v) is 4.14. The van der Waals surface area contributed by atoms with Gasteiger partial charge in [-0.3, -0.25) is 5.41 Å². The van der Waals surface area contributed by atoms with E-state index in [1.54, 1.807) is 13.2 Å². The lowest BCUT2D eigenvalue weighted by Gasteiger charge is -2.13. The zero-order valence-electron chi connectivity index (χ0n) is 10.9. The highest BCUT2D eigenvalue weighted by Gasteiger charge is 2.10. The van der Waals surface area contributed by atoms with Gasteiger partial charge in [-0.15, -0.1) is 0 Å². The minimum atomic E-state index is -0.00721. The monoisotopic (exact) mass is 256 g/mol. The van der Waals surface area contributed by atoms with Crippen molar-refractivity contribution in [2.24, 2.45) is 5.73 Å². The van der Waals surface area contributed by atoms with Gasteiger partial charge in [0.05, 0.1) is 12.7 Å². The SMILES string of the molecule is COc1ccc(Oc2c(C)cccc2C(=N)N)cc1. The molecule has 0 radical (unpaired) electrons. The van der Waals surface area contributed by atoms with Crippen LogP contribution in [0.15, 0.2) is 42.5 Å². The third kappa shape index (κ3) is 2.85. The Morgan fingerprint density at radius 3 is 2.26 bits per heavy atom. The summed E-state index contributed by atoms with van der Waals surface area (Å²) in [7, 11) is 1.62. The number of nitrogens with two attached hydrogens (primary N) is 1. The molecule has 98 valence electrons. The van der Waals surface area contributed by atoms with Gasteiger partial charge < -0.3 is 15.2 Å². The predicted octanol–water partition coefficient (Wildman–Crippen LogP) is 3.08. The second kappa shape index (κ2) is 5.44. The van der Waals surface area contributed by atoms with Crippen molar-refractivity contribution in [1.29, 1.82) is 5.41 Å². The number of para-hydroxylation sites is 1. The van der Waals surface area contributed by atoms with E-state index in [9.17, 15) is 0 Å². The largest absolute Gasteiger partial charge is 0.497 e. The number of aryl methyl sites for hydroxylation is 1. The summed E-state index contributed by atoms with van der Waals surface area (Å²) in [5.74, 6) is 2.05. The molecule has 2 aromatic rings. The third-order valence-electron chi connectivity index (χ3n) is 2.78. The fourth-order valence-corrected chi connectivity index (χ4v) is 1.76. The summed E-state index contributed by atoms with van der Waals surface area (Å²) >= 11 is 0. The van der Waals surface area contributed by atoms with Crippen LogP contribution in [0, 0.1) is 12.3 Å². The Hall–Kier alpha value is -2.49. The fraction of sp³-hybridized carbons (Fsp3) is 0.133. The third-order valence-corrected chi connectivity index (χ3v) is 2.78. The molecular formula is C15H16N2O2. The standard InChI is InChI=1S/C15H16N2O2/c1-10-4-3-5-13(15(16)17)14(10)19-12-8-6-11(18-2)7-9-12/h3-9H,1-2H3,(H3,16,17). The maximum absolute atomic E-state index is 7.58. The number of nitrogen functional groups attached to an aromatic ring is 1. The lowest BCUT2D eigenvalue weighted by molar-refractivity contribution is 0.412. The molecule has 0 saturated heterocycles. The molecule has 0 heterocycles. The van der Waals surface area contributed by atoms with Crippen molar-refractivity contribution < 1.29 is 9.47 Å². The van der Waals surface area contributed by atoms with E-state index in [4.69, 9.17) is 20.6 Å². The fourth-order valence-electron chi connectivity index (χ4n) is 1.76. The maximum Gasteiger partial charge on any atom is 0.141 e. The summed E-state index contributed by atoms with van der Waals surface area (Å²) in [4.78, 5) is 0. The first-order valence-corrected chi connectivity index (χ1v) is 5.87. The summed E-state index contributed by atoms with van der Waals surface area (Å²) in [6, 6.07) is 12.8. The van der Waals surface area contributed by atoms with E-state index in [0.717, 1.165) is 11.3 Å². The molecular weight excluding hydrogens is 240 g/mol. The van der Waals surface area contributed by atoms with Gasteiger partial charge in [0.1, 0.15) is 23.1 Å². The van der Waals surface area contributed by atoms with E-state index >= 15 is 0 Å². The number of rotatable bonds is 4. The van der Waals surface area contributed by atoms with Crippen LogP contribution in [0.1, 0.15) is 11.1 Å². The van der Waals surface area contributed by atoms with E-state index in [2.05, 4.69) is 0 Å². The topological polar surface area (TPSA) is 68.3 Å². The highest BCUT2D eigenvalue weighted by molar-refractivity contribution is 5.98. The molecule has 4 nitrogen and oxygen atoms in total. The summed E-state index contributed by atoms with van der Waals surface area (Å²) in [5.41, 5.74) is 7.09. The quantitative estimate of drug-likeness (QED) is 0.652. The molecule has 0 aliphatic heterocycles. The van der Waals surface area contributed by atoms with Crippen LogP contribution in [0.2, 0.25) is 0 Å². The van der Waals surface area contributed by atoms with Gasteiger partial charge in [-0.1, -0.05) is 12.1 Å². The lowest BCUT2D eigenvalue weighted by Crippen LogP contribution is -2.12. The van der Waals surface area contributed by atoms with Gasteiger partial charge in [0.2, 0.25) is 0 Å². The Kier molecular flexibility index (Phi) is 3.71. The van der Waals surface area contributed by atoms with Crippen LogP contribution in [-0.2, 0) is 0 Å². The average Bonchev–Trinajstić information content (AvgIpc) is 2.41. The molecule has 4 heteroatoms. The molecule has 0 atom stereocenters. The highest BCUT2D eigenvalue weighted by Crippen LogP contribution is 2.29. The van der Waals surface area contributed by atoms with Crippen molar-refractivity contribution in [3.05, 3.63) is 53.6 Å². The van der Waals surface area contributed by atoms with Crippen molar-refractivity contribution >= 4 is 5.84 Å². The molecule has 3 N–H and O–H groups in total. The number of methoxy groups -OCH3 is 1. The van der Waals surface area contributed by atoms with Crippen molar-refractivity contribution in [1.82, 2.24) is 0 Å². The molecule has 0 fully saturated rings. The Balaban J connectivity index is 2.34. The van der Waals surface area contributed by atoms with Crippen molar-refractivity contribution in [2.45, 2.75) is 6.92 Å². The molecule has 0 amide bonds. The molecule has 0 aliphatic rings. The highest BCUT2D eigenvalue weighted by atomic mass is 16.5. The van der Waals surface area contributed by atoms with Crippen LogP contribution in [0.4, 0.5) is 0 Å². The smallest absolute Gasteiger partial charge is 0.141 e. The van der Waals surface area contributed by atoms with Crippen molar-refractivity contribution in [3.63, 3.8) is 0 Å². The van der Waals surface area contributed by atoms with Crippen LogP contribution in [0.3, 0.4) is 0 Å². The Morgan fingerprint density at radius 1 is 1.05 bits per heavy atom. The lowest BCUT2D eigenvalue weighted by atomic mass is 10.1. The molecule has 0 aromatic heterocycles. The van der Waals surface area contributed by atoms with E-state index < -0.39 is 0 Å². The zero-order valence-corrected chi connectivity index (χ0v) is 10.9. The normalized spacial score (nSPS) is 10.0. The second-order valence-electron chi connectivity index (χ2n) is 4.14. The number of nitrogens with one attached hydrogen (secondary N) is 1. The molecule has 0 unspecified atom stereocenters. The van der Waals surface area contributed by atoms with Crippen molar-refractivity contribution in [3.8, 4) is 17.2 Å². The molecule has 0 bridgehead atoms. The van der Waals surface area contributed by atoms with E-state index in [-0.39, 0.29) is 5.84 Å². The summed E-state index contributed by atoms with van der Waals surface area (Å²) in [6.45, 7) is 1.92. The van der Waals surface area contributed by atoms with E-state index in [0.29, 0.717) is 17.1 Å². The van der Waals surface area contributed by atoms with Crippen LogP contribution >= 0.6 is 0 Å². The number of hydrogen-bond donors (Lipinski definition) is 2. The first-order chi connectivity index (χ1) is 9.11. The zero-order chi connectivity index (χ0) is 13.8. The average molecular weight is 256 g/mol. The van der Waals surface area contributed by atoms with Crippen LogP contribution in [0.5, 0.6) is 17.2 Å². The van der Waals surface area contributed by atoms with Crippen LogP contribution in [-0.4, -0.2) is 12.9 Å².